The summed E-state index contributed by atoms with van der Waals surface area (Å²) >= 11 is 5.95. The predicted octanol–water partition coefficient (Wildman–Crippen LogP) is 4.57. The molecule has 0 spiro atoms. The second kappa shape index (κ2) is 5.83. The Morgan fingerprint density at radius 3 is 2.88 bits per heavy atom. The highest BCUT2D eigenvalue weighted by Gasteiger charge is 2.24. The molecule has 0 N–H and O–H groups in total. The van der Waals surface area contributed by atoms with Crippen LogP contribution < -0.4 is 0 Å². The maximum atomic E-state index is 13.5. The summed E-state index contributed by atoms with van der Waals surface area (Å²) in [5, 5.41) is 0.454. The highest BCUT2D eigenvalue weighted by molar-refractivity contribution is 6.31. The molecule has 0 aromatic heterocycles. The third-order valence-electron chi connectivity index (χ3n) is 3.60. The van der Waals surface area contributed by atoms with Gasteiger partial charge < -0.3 is 4.74 Å². The lowest BCUT2D eigenvalue weighted by molar-refractivity contribution is 0.0413. The van der Waals surface area contributed by atoms with Crippen LogP contribution in [0.4, 0.5) is 4.39 Å². The van der Waals surface area contributed by atoms with E-state index in [4.69, 9.17) is 16.3 Å². The Kier molecular flexibility index (Phi) is 4.41. The topological polar surface area (TPSA) is 9.23 Å². The molecule has 0 aliphatic heterocycles. The van der Waals surface area contributed by atoms with Crippen molar-refractivity contribution in [3.8, 4) is 0 Å². The minimum absolute atomic E-state index is 0.274. The molecule has 2 atom stereocenters. The fraction of sp³-hybridized carbons (Fsp3) is 0.571. The van der Waals surface area contributed by atoms with Crippen LogP contribution in [0.3, 0.4) is 0 Å². The van der Waals surface area contributed by atoms with Gasteiger partial charge in [-0.1, -0.05) is 31.0 Å². The van der Waals surface area contributed by atoms with Gasteiger partial charge in [-0.15, -0.1) is 0 Å². The van der Waals surface area contributed by atoms with Crippen molar-refractivity contribution < 1.29 is 9.13 Å². The first kappa shape index (κ1) is 12.8. The highest BCUT2D eigenvalue weighted by Crippen LogP contribution is 2.31. The molecule has 0 unspecified atom stereocenters. The maximum Gasteiger partial charge on any atom is 0.130 e. The van der Waals surface area contributed by atoms with Crippen LogP contribution in [0.25, 0.3) is 0 Å². The van der Waals surface area contributed by atoms with Crippen LogP contribution in [-0.2, 0) is 11.3 Å². The van der Waals surface area contributed by atoms with Crippen LogP contribution in [0.5, 0.6) is 0 Å². The summed E-state index contributed by atoms with van der Waals surface area (Å²) in [6, 6.07) is 4.74. The van der Waals surface area contributed by atoms with Gasteiger partial charge in [0.25, 0.3) is 0 Å². The summed E-state index contributed by atoms with van der Waals surface area (Å²) in [4.78, 5) is 0. The van der Waals surface area contributed by atoms with E-state index in [0.717, 1.165) is 18.8 Å². The van der Waals surface area contributed by atoms with Crippen molar-refractivity contribution in [2.45, 2.75) is 45.3 Å². The van der Waals surface area contributed by atoms with Crippen LogP contribution in [-0.4, -0.2) is 6.10 Å². The van der Waals surface area contributed by atoms with Crippen molar-refractivity contribution in [2.24, 2.45) is 5.92 Å². The summed E-state index contributed by atoms with van der Waals surface area (Å²) in [7, 11) is 0. The molecule has 1 aliphatic carbocycles. The first-order chi connectivity index (χ1) is 8.20. The third kappa shape index (κ3) is 3.20. The van der Waals surface area contributed by atoms with Gasteiger partial charge in [0.15, 0.2) is 0 Å². The summed E-state index contributed by atoms with van der Waals surface area (Å²) in [6.07, 6.45) is 4.90. The van der Waals surface area contributed by atoms with E-state index in [1.807, 2.05) is 0 Å². The van der Waals surface area contributed by atoms with Crippen LogP contribution in [0.15, 0.2) is 18.2 Å². The SMILES string of the molecule is CC[C@H]1CC[C@H](OCc2c(F)cccc2Cl)C1. The van der Waals surface area contributed by atoms with Crippen LogP contribution >= 0.6 is 11.6 Å². The van der Waals surface area contributed by atoms with Gasteiger partial charge >= 0.3 is 0 Å². The van der Waals surface area contributed by atoms with Crippen molar-refractivity contribution in [1.82, 2.24) is 0 Å². The van der Waals surface area contributed by atoms with Crippen molar-refractivity contribution in [2.75, 3.05) is 0 Å². The van der Waals surface area contributed by atoms with Gasteiger partial charge in [-0.05, 0) is 37.3 Å². The van der Waals surface area contributed by atoms with E-state index in [1.165, 1.54) is 18.9 Å². The van der Waals surface area contributed by atoms with Crippen molar-refractivity contribution >= 4 is 11.6 Å². The second-order valence-corrected chi connectivity index (χ2v) is 5.13. The summed E-state index contributed by atoms with van der Waals surface area (Å²) in [5.74, 6) is 0.499. The summed E-state index contributed by atoms with van der Waals surface area (Å²) in [5.41, 5.74) is 0.481. The molecule has 2 rings (SSSR count). The Morgan fingerprint density at radius 1 is 1.41 bits per heavy atom. The zero-order valence-corrected chi connectivity index (χ0v) is 10.8. The molecule has 3 heteroatoms. The van der Waals surface area contributed by atoms with Crippen molar-refractivity contribution in [3.63, 3.8) is 0 Å². The van der Waals surface area contributed by atoms with E-state index in [0.29, 0.717) is 10.6 Å². The number of halogens is 2. The Balaban J connectivity index is 1.90. The van der Waals surface area contributed by atoms with Gasteiger partial charge in [0.2, 0.25) is 0 Å². The zero-order chi connectivity index (χ0) is 12.3. The van der Waals surface area contributed by atoms with Gasteiger partial charge in [0, 0.05) is 10.6 Å². The molecule has 17 heavy (non-hydrogen) atoms. The quantitative estimate of drug-likeness (QED) is 0.767. The highest BCUT2D eigenvalue weighted by atomic mass is 35.5. The van der Waals surface area contributed by atoms with Crippen molar-refractivity contribution in [3.05, 3.63) is 34.6 Å². The van der Waals surface area contributed by atoms with Gasteiger partial charge in [-0.3, -0.25) is 0 Å². The minimum Gasteiger partial charge on any atom is -0.373 e. The largest absolute Gasteiger partial charge is 0.373 e. The molecule has 0 bridgehead atoms. The normalized spacial score (nSPS) is 24.2. The molecule has 1 nitrogen and oxygen atoms in total. The second-order valence-electron chi connectivity index (χ2n) is 4.72. The fourth-order valence-corrected chi connectivity index (χ4v) is 2.64. The molecule has 1 aromatic rings. The van der Waals surface area contributed by atoms with E-state index < -0.39 is 0 Å². The molecule has 1 fully saturated rings. The Labute approximate surface area is 107 Å². The van der Waals surface area contributed by atoms with Gasteiger partial charge in [0.05, 0.1) is 12.7 Å². The third-order valence-corrected chi connectivity index (χ3v) is 3.95. The van der Waals surface area contributed by atoms with Crippen LogP contribution in [0.1, 0.15) is 38.2 Å². The molecule has 0 amide bonds. The van der Waals surface area contributed by atoms with Gasteiger partial charge in [-0.25, -0.2) is 4.39 Å². The van der Waals surface area contributed by atoms with E-state index in [2.05, 4.69) is 6.92 Å². The Hall–Kier alpha value is -0.600. The lowest BCUT2D eigenvalue weighted by atomic mass is 10.1. The molecule has 94 valence electrons. The molecule has 0 heterocycles. The molecule has 1 saturated carbocycles. The number of ether oxygens (including phenoxy) is 1. The van der Waals surface area contributed by atoms with Gasteiger partial charge in [0.1, 0.15) is 5.82 Å². The Morgan fingerprint density at radius 2 is 2.24 bits per heavy atom. The van der Waals surface area contributed by atoms with E-state index in [1.54, 1.807) is 12.1 Å². The molecular formula is C14H18ClFO. The van der Waals surface area contributed by atoms with Crippen LogP contribution in [0, 0.1) is 11.7 Å². The lowest BCUT2D eigenvalue weighted by Gasteiger charge is -2.13. The molecule has 1 aliphatic rings. The number of hydrogen-bond donors (Lipinski definition) is 0. The van der Waals surface area contributed by atoms with E-state index >= 15 is 0 Å². The average molecular weight is 257 g/mol. The molecular weight excluding hydrogens is 239 g/mol. The fourth-order valence-electron chi connectivity index (χ4n) is 2.42. The standard InChI is InChI=1S/C14H18ClFO/c1-2-10-6-7-11(8-10)17-9-12-13(15)4-3-5-14(12)16/h3-5,10-11H,2,6-9H2,1H3/t10-,11-/m0/s1. The molecule has 0 saturated heterocycles. The summed E-state index contributed by atoms with van der Waals surface area (Å²) < 4.78 is 19.3. The minimum atomic E-state index is -0.275. The first-order valence-electron chi connectivity index (χ1n) is 6.25. The smallest absolute Gasteiger partial charge is 0.130 e. The average Bonchev–Trinajstić information content (AvgIpc) is 2.76. The van der Waals surface area contributed by atoms with Gasteiger partial charge in [-0.2, -0.15) is 0 Å². The number of benzene rings is 1. The Bertz CT molecular complexity index is 360. The van der Waals surface area contributed by atoms with Crippen LogP contribution in [0.2, 0.25) is 5.02 Å². The maximum absolute atomic E-state index is 13.5. The summed E-state index contributed by atoms with van der Waals surface area (Å²) in [6.45, 7) is 2.49. The van der Waals surface area contributed by atoms with Crippen molar-refractivity contribution in [1.29, 1.82) is 0 Å². The van der Waals surface area contributed by atoms with E-state index in [-0.39, 0.29) is 18.5 Å². The van der Waals surface area contributed by atoms with E-state index in [9.17, 15) is 4.39 Å². The predicted molar refractivity (Wildman–Crippen MR) is 67.6 cm³/mol. The zero-order valence-electron chi connectivity index (χ0n) is 10.1. The number of hydrogen-bond acceptors (Lipinski definition) is 1. The molecule has 0 radical (unpaired) electrons. The molecule has 1 aromatic carbocycles. The monoisotopic (exact) mass is 256 g/mol. The first-order valence-corrected chi connectivity index (χ1v) is 6.63. The number of rotatable bonds is 4. The lowest BCUT2D eigenvalue weighted by Crippen LogP contribution is -2.09.